The second kappa shape index (κ2) is 7.52. The topological polar surface area (TPSA) is 0 Å². The van der Waals surface area contributed by atoms with Gasteiger partial charge in [0.25, 0.3) is 0 Å². The molecule has 0 aliphatic heterocycles. The first-order chi connectivity index (χ1) is 13.6. The van der Waals surface area contributed by atoms with Crippen molar-refractivity contribution in [3.63, 3.8) is 0 Å². The molecule has 0 spiro atoms. The van der Waals surface area contributed by atoms with Crippen LogP contribution in [0.1, 0.15) is 128 Å². The van der Waals surface area contributed by atoms with Crippen LogP contribution in [0, 0.1) is 62.6 Å². The van der Waals surface area contributed by atoms with Crippen molar-refractivity contribution in [1.29, 1.82) is 0 Å². The molecule has 30 heavy (non-hydrogen) atoms. The highest BCUT2D eigenvalue weighted by molar-refractivity contribution is 5.13. The van der Waals surface area contributed by atoms with Crippen LogP contribution in [0.3, 0.4) is 0 Å². The fraction of sp³-hybridized carbons (Fsp3) is 1.00. The molecule has 0 heteroatoms. The molecule has 0 amide bonds. The van der Waals surface area contributed by atoms with E-state index in [1.54, 1.807) is 0 Å². The summed E-state index contributed by atoms with van der Waals surface area (Å²) < 4.78 is 0. The van der Waals surface area contributed by atoms with Gasteiger partial charge in [-0.1, -0.05) is 89.5 Å². The van der Waals surface area contributed by atoms with E-state index in [0.717, 1.165) is 35.5 Å². The van der Waals surface area contributed by atoms with Gasteiger partial charge < -0.3 is 0 Å². The van der Waals surface area contributed by atoms with E-state index in [4.69, 9.17) is 0 Å². The zero-order valence-electron chi connectivity index (χ0n) is 22.9. The molecule has 7 atom stereocenters. The molecule has 176 valence electrons. The van der Waals surface area contributed by atoms with Gasteiger partial charge in [0.05, 0.1) is 0 Å². The lowest BCUT2D eigenvalue weighted by Gasteiger charge is -2.51. The van der Waals surface area contributed by atoms with Crippen molar-refractivity contribution in [3.05, 3.63) is 0 Å². The van der Waals surface area contributed by atoms with Gasteiger partial charge in [0.15, 0.2) is 0 Å². The Morgan fingerprint density at radius 3 is 1.90 bits per heavy atom. The predicted octanol–water partition coefficient (Wildman–Crippen LogP) is 9.63. The second-order valence-corrected chi connectivity index (χ2v) is 14.8. The number of hydrogen-bond acceptors (Lipinski definition) is 0. The van der Waals surface area contributed by atoms with Crippen molar-refractivity contribution in [2.24, 2.45) is 62.6 Å². The van der Waals surface area contributed by atoms with Gasteiger partial charge in [0.2, 0.25) is 0 Å². The highest BCUT2D eigenvalue weighted by Gasteiger charge is 2.64. The third kappa shape index (κ3) is 3.27. The first kappa shape index (κ1) is 24.6. The summed E-state index contributed by atoms with van der Waals surface area (Å²) in [6, 6.07) is 0. The minimum Gasteiger partial charge on any atom is -0.0649 e. The third-order valence-corrected chi connectivity index (χ3v) is 12.9. The molecule has 0 aromatic carbocycles. The number of fused-ring (bicyclic) bond motifs is 3. The molecule has 4 fully saturated rings. The molecule has 0 N–H and O–H groups in total. The van der Waals surface area contributed by atoms with Gasteiger partial charge >= 0.3 is 0 Å². The van der Waals surface area contributed by atoms with Gasteiger partial charge in [-0.05, 0) is 101 Å². The van der Waals surface area contributed by atoms with Crippen molar-refractivity contribution in [2.75, 3.05) is 0 Å². The molecule has 0 aromatic rings. The average molecular weight is 417 g/mol. The Kier molecular flexibility index (Phi) is 6.17. The van der Waals surface area contributed by atoms with Crippen LogP contribution in [0.15, 0.2) is 0 Å². The van der Waals surface area contributed by atoms with E-state index in [2.05, 4.69) is 83.1 Å². The molecule has 0 aromatic heterocycles. The van der Waals surface area contributed by atoms with Gasteiger partial charge in [-0.25, -0.2) is 0 Å². The smallest absolute Gasteiger partial charge is 0.0213 e. The van der Waals surface area contributed by atoms with E-state index < -0.39 is 0 Å². The zero-order valence-corrected chi connectivity index (χ0v) is 22.9. The summed E-state index contributed by atoms with van der Waals surface area (Å²) in [5.41, 5.74) is 3.00. The van der Waals surface area contributed by atoms with Gasteiger partial charge in [-0.15, -0.1) is 0 Å². The van der Waals surface area contributed by atoms with Crippen LogP contribution in [0.4, 0.5) is 0 Å². The minimum atomic E-state index is 0.537. The molecule has 4 saturated carbocycles. The van der Waals surface area contributed by atoms with Crippen molar-refractivity contribution >= 4 is 0 Å². The van der Waals surface area contributed by atoms with Crippen molar-refractivity contribution in [1.82, 2.24) is 0 Å². The summed E-state index contributed by atoms with van der Waals surface area (Å²) in [5.74, 6) is 5.62. The Morgan fingerprint density at radius 2 is 1.47 bits per heavy atom. The van der Waals surface area contributed by atoms with E-state index in [0.29, 0.717) is 27.1 Å². The Balaban J connectivity index is 0.000000171. The molecule has 0 nitrogen and oxygen atoms in total. The Morgan fingerprint density at radius 1 is 0.867 bits per heavy atom. The van der Waals surface area contributed by atoms with E-state index in [1.807, 2.05) is 0 Å². The summed E-state index contributed by atoms with van der Waals surface area (Å²) in [6.07, 6.45) is 10.2. The van der Waals surface area contributed by atoms with E-state index in [-0.39, 0.29) is 0 Å². The monoisotopic (exact) mass is 416 g/mol. The first-order valence-corrected chi connectivity index (χ1v) is 13.6. The Labute approximate surface area is 190 Å². The maximum absolute atomic E-state index is 2.57. The van der Waals surface area contributed by atoms with E-state index >= 15 is 0 Å². The quantitative estimate of drug-likeness (QED) is 0.429. The van der Waals surface area contributed by atoms with Crippen LogP contribution in [0.25, 0.3) is 0 Å². The van der Waals surface area contributed by atoms with Crippen LogP contribution in [0.2, 0.25) is 0 Å². The maximum atomic E-state index is 2.57. The van der Waals surface area contributed by atoms with E-state index in [9.17, 15) is 0 Å². The average Bonchev–Trinajstić information content (AvgIpc) is 3.32. The zero-order chi connectivity index (χ0) is 22.9. The summed E-state index contributed by atoms with van der Waals surface area (Å²) in [6.45, 7) is 29.9. The SMILES string of the molecule is CC(C)C1CC2(C)C(C)CCC2C1(C)C.CCC(C)(C)C12CCC(C1)C(C)(C)C2C. The summed E-state index contributed by atoms with van der Waals surface area (Å²) in [7, 11) is 0. The molecule has 4 aliphatic carbocycles. The maximum Gasteiger partial charge on any atom is -0.0213 e. The summed E-state index contributed by atoms with van der Waals surface area (Å²) in [5, 5.41) is 0. The highest BCUT2D eigenvalue weighted by atomic mass is 14.7. The minimum absolute atomic E-state index is 0.537. The first-order valence-electron chi connectivity index (χ1n) is 13.6. The van der Waals surface area contributed by atoms with Gasteiger partial charge in [-0.3, -0.25) is 0 Å². The van der Waals surface area contributed by atoms with Crippen LogP contribution >= 0.6 is 0 Å². The standard InChI is InChI=1S/2C15H28/c1-10(2)12-9-15(6)11(3)7-8-13(15)14(12,4)5;1-7-13(3,4)15-9-8-12(10-15)14(5,6)11(15)2/h10-13H,7-9H2,1-6H3;11-12H,7-10H2,1-6H3. The number of rotatable bonds is 3. The number of hydrogen-bond donors (Lipinski definition) is 0. The lowest BCUT2D eigenvalue weighted by molar-refractivity contribution is -0.0181. The van der Waals surface area contributed by atoms with Crippen LogP contribution < -0.4 is 0 Å². The molecular weight excluding hydrogens is 360 g/mol. The van der Waals surface area contributed by atoms with Crippen molar-refractivity contribution in [3.8, 4) is 0 Å². The fourth-order valence-corrected chi connectivity index (χ4v) is 9.80. The molecule has 0 radical (unpaired) electrons. The molecule has 0 heterocycles. The van der Waals surface area contributed by atoms with Crippen LogP contribution in [-0.2, 0) is 0 Å². The lowest BCUT2D eigenvalue weighted by Crippen LogP contribution is -2.43. The predicted molar refractivity (Wildman–Crippen MR) is 134 cm³/mol. The molecule has 2 bridgehead atoms. The molecular formula is C30H56. The van der Waals surface area contributed by atoms with Crippen LogP contribution in [0.5, 0.6) is 0 Å². The van der Waals surface area contributed by atoms with Crippen LogP contribution in [-0.4, -0.2) is 0 Å². The largest absolute Gasteiger partial charge is 0.0649 e. The summed E-state index contributed by atoms with van der Waals surface area (Å²) >= 11 is 0. The van der Waals surface area contributed by atoms with Gasteiger partial charge in [0.1, 0.15) is 0 Å². The highest BCUT2D eigenvalue weighted by Crippen LogP contribution is 2.72. The summed E-state index contributed by atoms with van der Waals surface area (Å²) in [4.78, 5) is 0. The van der Waals surface area contributed by atoms with Gasteiger partial charge in [-0.2, -0.15) is 0 Å². The fourth-order valence-electron chi connectivity index (χ4n) is 9.80. The van der Waals surface area contributed by atoms with Gasteiger partial charge in [0, 0.05) is 0 Å². The normalized spacial score (nSPS) is 46.1. The molecule has 4 aliphatic rings. The molecule has 0 saturated heterocycles. The van der Waals surface area contributed by atoms with Crippen molar-refractivity contribution in [2.45, 2.75) is 128 Å². The molecule has 4 rings (SSSR count). The Hall–Kier alpha value is 0. The Bertz CT molecular complexity index is 622. The second-order valence-electron chi connectivity index (χ2n) is 14.8. The molecule has 7 unspecified atom stereocenters. The van der Waals surface area contributed by atoms with E-state index in [1.165, 1.54) is 44.9 Å². The third-order valence-electron chi connectivity index (χ3n) is 12.9. The van der Waals surface area contributed by atoms with Crippen molar-refractivity contribution < 1.29 is 0 Å². The lowest BCUT2D eigenvalue weighted by atomic mass is 9.54.